The fourth-order valence-corrected chi connectivity index (χ4v) is 1.84. The Hall–Kier alpha value is -3.23. The van der Waals surface area contributed by atoms with Crippen molar-refractivity contribution in [2.75, 3.05) is 7.11 Å². The highest BCUT2D eigenvalue weighted by molar-refractivity contribution is 5.97. The first-order chi connectivity index (χ1) is 12.6. The van der Waals surface area contributed by atoms with E-state index in [-0.39, 0.29) is 5.78 Å². The molecule has 0 aliphatic carbocycles. The lowest BCUT2D eigenvalue weighted by atomic mass is 10.0. The van der Waals surface area contributed by atoms with Gasteiger partial charge in [0.05, 0.1) is 12.7 Å². The highest BCUT2D eigenvalue weighted by Gasteiger charge is 2.38. The maximum absolute atomic E-state index is 12.0. The molecular weight excluding hydrogens is 367 g/mol. The number of Topliss-reactive ketones (excluding diaryl/α,β-unsaturated/α-hetero) is 1. The summed E-state index contributed by atoms with van der Waals surface area (Å²) in [6.07, 6.45) is -2.36. The maximum Gasteiger partial charge on any atom is 0.490 e. The molecule has 0 saturated carbocycles. The number of halogens is 3. The molecule has 0 aliphatic heterocycles. The standard InChI is InChI=1S/C16H15NO3.C2HF3O2/c1-20-16(19)13-7-5-12(6-8-13)15(18)10-9-14-4-2-3-11-17-14;3-2(4,5)1(6)7/h2-8,11H,9-10H2,1H3;(H,6,7). The third-order valence-corrected chi connectivity index (χ3v) is 3.20. The molecular formula is C18H16F3NO5. The van der Waals surface area contributed by atoms with Gasteiger partial charge in [0.2, 0.25) is 0 Å². The van der Waals surface area contributed by atoms with Gasteiger partial charge in [-0.3, -0.25) is 9.78 Å². The van der Waals surface area contributed by atoms with Crippen LogP contribution in [0.25, 0.3) is 0 Å². The number of benzene rings is 1. The monoisotopic (exact) mass is 383 g/mol. The lowest BCUT2D eigenvalue weighted by Crippen LogP contribution is -2.21. The third kappa shape index (κ3) is 7.68. The molecule has 0 spiro atoms. The third-order valence-electron chi connectivity index (χ3n) is 3.20. The summed E-state index contributed by atoms with van der Waals surface area (Å²) in [6.45, 7) is 0. The molecule has 27 heavy (non-hydrogen) atoms. The van der Waals surface area contributed by atoms with Crippen LogP contribution < -0.4 is 0 Å². The van der Waals surface area contributed by atoms with Gasteiger partial charge in [0.15, 0.2) is 5.78 Å². The van der Waals surface area contributed by atoms with Gasteiger partial charge in [-0.1, -0.05) is 18.2 Å². The normalized spacial score (nSPS) is 10.4. The summed E-state index contributed by atoms with van der Waals surface area (Å²) in [5, 5.41) is 7.12. The zero-order valence-corrected chi connectivity index (χ0v) is 14.2. The van der Waals surface area contributed by atoms with Gasteiger partial charge in [-0.05, 0) is 30.7 Å². The maximum atomic E-state index is 12.0. The van der Waals surface area contributed by atoms with Crippen LogP contribution in [0.4, 0.5) is 13.2 Å². The number of aryl methyl sites for hydroxylation is 1. The zero-order valence-electron chi connectivity index (χ0n) is 14.2. The summed E-state index contributed by atoms with van der Waals surface area (Å²) < 4.78 is 36.3. The number of ketones is 1. The molecule has 0 fully saturated rings. The van der Waals surface area contributed by atoms with Gasteiger partial charge in [0, 0.05) is 23.9 Å². The topological polar surface area (TPSA) is 93.6 Å². The van der Waals surface area contributed by atoms with Crippen LogP contribution in [0.2, 0.25) is 0 Å². The van der Waals surface area contributed by atoms with Gasteiger partial charge in [-0.15, -0.1) is 0 Å². The second-order valence-corrected chi connectivity index (χ2v) is 5.12. The Balaban J connectivity index is 0.000000445. The van der Waals surface area contributed by atoms with E-state index in [1.807, 2.05) is 18.2 Å². The van der Waals surface area contributed by atoms with Crippen LogP contribution in [0.3, 0.4) is 0 Å². The van der Waals surface area contributed by atoms with Crippen molar-refractivity contribution in [2.24, 2.45) is 0 Å². The molecule has 144 valence electrons. The minimum absolute atomic E-state index is 0.0343. The molecule has 1 aromatic heterocycles. The Kier molecular flexibility index (Phi) is 8.12. The van der Waals surface area contributed by atoms with E-state index in [2.05, 4.69) is 9.72 Å². The minimum atomic E-state index is -5.08. The number of carboxylic acid groups (broad SMARTS) is 1. The molecule has 0 atom stereocenters. The van der Waals surface area contributed by atoms with Gasteiger partial charge in [-0.25, -0.2) is 9.59 Å². The number of nitrogens with zero attached hydrogens (tertiary/aromatic N) is 1. The molecule has 1 heterocycles. The molecule has 2 aromatic rings. The number of aliphatic carboxylic acids is 1. The van der Waals surface area contributed by atoms with Crippen LogP contribution in [-0.2, 0) is 16.0 Å². The molecule has 0 amide bonds. The van der Waals surface area contributed by atoms with Crippen molar-refractivity contribution in [1.82, 2.24) is 4.98 Å². The zero-order chi connectivity index (χ0) is 20.4. The van der Waals surface area contributed by atoms with E-state index in [0.717, 1.165) is 5.69 Å². The summed E-state index contributed by atoms with van der Waals surface area (Å²) in [4.78, 5) is 36.4. The summed E-state index contributed by atoms with van der Waals surface area (Å²) in [5.74, 6) is -3.13. The van der Waals surface area contributed by atoms with Crippen molar-refractivity contribution in [3.63, 3.8) is 0 Å². The van der Waals surface area contributed by atoms with Crippen LogP contribution in [0, 0.1) is 0 Å². The Bertz CT molecular complexity index is 774. The number of hydrogen-bond donors (Lipinski definition) is 1. The van der Waals surface area contributed by atoms with Crippen molar-refractivity contribution in [3.05, 3.63) is 65.5 Å². The molecule has 0 aliphatic rings. The van der Waals surface area contributed by atoms with Crippen molar-refractivity contribution >= 4 is 17.7 Å². The van der Waals surface area contributed by atoms with Crippen LogP contribution in [-0.4, -0.2) is 41.1 Å². The molecule has 6 nitrogen and oxygen atoms in total. The summed E-state index contributed by atoms with van der Waals surface area (Å²) >= 11 is 0. The van der Waals surface area contributed by atoms with Crippen LogP contribution in [0.1, 0.15) is 32.8 Å². The Morgan fingerprint density at radius 3 is 2.04 bits per heavy atom. The number of ether oxygens (including phenoxy) is 1. The second-order valence-electron chi connectivity index (χ2n) is 5.12. The largest absolute Gasteiger partial charge is 0.490 e. The number of aromatic nitrogens is 1. The quantitative estimate of drug-likeness (QED) is 0.629. The average molecular weight is 383 g/mol. The fourth-order valence-electron chi connectivity index (χ4n) is 1.84. The van der Waals surface area contributed by atoms with Gasteiger partial charge >= 0.3 is 18.1 Å². The van der Waals surface area contributed by atoms with Gasteiger partial charge in [-0.2, -0.15) is 13.2 Å². The van der Waals surface area contributed by atoms with E-state index in [9.17, 15) is 22.8 Å². The van der Waals surface area contributed by atoms with E-state index in [4.69, 9.17) is 9.90 Å². The first kappa shape index (κ1) is 21.8. The average Bonchev–Trinajstić information content (AvgIpc) is 2.66. The smallest absolute Gasteiger partial charge is 0.475 e. The number of carbonyl (C=O) groups excluding carboxylic acids is 2. The SMILES string of the molecule is COC(=O)c1ccc(C(=O)CCc2ccccn2)cc1.O=C(O)C(F)(F)F. The Morgan fingerprint density at radius 2 is 1.59 bits per heavy atom. The Labute approximate surface area is 152 Å². The molecule has 0 saturated heterocycles. The van der Waals surface area contributed by atoms with Crippen molar-refractivity contribution in [3.8, 4) is 0 Å². The molecule has 2 rings (SSSR count). The Morgan fingerprint density at radius 1 is 1.04 bits per heavy atom. The van der Waals surface area contributed by atoms with Crippen LogP contribution in [0.15, 0.2) is 48.7 Å². The number of carboxylic acids is 1. The van der Waals surface area contributed by atoms with Gasteiger partial charge in [0.1, 0.15) is 0 Å². The van der Waals surface area contributed by atoms with E-state index in [0.29, 0.717) is 24.0 Å². The van der Waals surface area contributed by atoms with E-state index in [1.54, 1.807) is 30.5 Å². The summed E-state index contributed by atoms with van der Waals surface area (Å²) in [6, 6.07) is 12.1. The number of esters is 1. The number of carbonyl (C=O) groups is 3. The van der Waals surface area contributed by atoms with Crippen LogP contribution in [0.5, 0.6) is 0 Å². The molecule has 0 radical (unpaired) electrons. The highest BCUT2D eigenvalue weighted by atomic mass is 19.4. The lowest BCUT2D eigenvalue weighted by Gasteiger charge is -2.03. The molecule has 1 N–H and O–H groups in total. The lowest BCUT2D eigenvalue weighted by molar-refractivity contribution is -0.192. The van der Waals surface area contributed by atoms with Crippen LogP contribution >= 0.6 is 0 Å². The highest BCUT2D eigenvalue weighted by Crippen LogP contribution is 2.13. The number of methoxy groups -OCH3 is 1. The summed E-state index contributed by atoms with van der Waals surface area (Å²) in [7, 11) is 1.33. The first-order valence-corrected chi connectivity index (χ1v) is 7.56. The minimum Gasteiger partial charge on any atom is -0.475 e. The van der Waals surface area contributed by atoms with Gasteiger partial charge < -0.3 is 9.84 Å². The first-order valence-electron chi connectivity index (χ1n) is 7.56. The van der Waals surface area contributed by atoms with Crippen molar-refractivity contribution < 1.29 is 37.4 Å². The van der Waals surface area contributed by atoms with Crippen molar-refractivity contribution in [1.29, 1.82) is 0 Å². The van der Waals surface area contributed by atoms with Crippen molar-refractivity contribution in [2.45, 2.75) is 19.0 Å². The second kappa shape index (κ2) is 10.0. The molecule has 9 heteroatoms. The summed E-state index contributed by atoms with van der Waals surface area (Å²) in [5.41, 5.74) is 1.93. The number of hydrogen-bond acceptors (Lipinski definition) is 5. The van der Waals surface area contributed by atoms with Gasteiger partial charge in [0.25, 0.3) is 0 Å². The van der Waals surface area contributed by atoms with E-state index in [1.165, 1.54) is 7.11 Å². The molecule has 1 aromatic carbocycles. The predicted molar refractivity (Wildman–Crippen MR) is 88.4 cm³/mol. The number of rotatable bonds is 5. The van der Waals surface area contributed by atoms with E-state index >= 15 is 0 Å². The fraction of sp³-hybridized carbons (Fsp3) is 0.222. The predicted octanol–water partition coefficient (Wildman–Crippen LogP) is 3.32. The number of pyridine rings is 1. The molecule has 0 bridgehead atoms. The van der Waals surface area contributed by atoms with E-state index < -0.39 is 18.1 Å². The number of alkyl halides is 3. The molecule has 0 unspecified atom stereocenters.